The normalized spacial score (nSPS) is 21.6. The Morgan fingerprint density at radius 2 is 1.74 bits per heavy atom. The molecule has 1 aliphatic heterocycles. The summed E-state index contributed by atoms with van der Waals surface area (Å²) in [5, 5.41) is 0.813. The number of hydrogen-bond donors (Lipinski definition) is 1. The smallest absolute Gasteiger partial charge is 0.306 e. The molecule has 6 heteroatoms. The molecule has 1 heterocycles. The van der Waals surface area contributed by atoms with Crippen LogP contribution in [0.25, 0.3) is 11.1 Å². The van der Waals surface area contributed by atoms with Gasteiger partial charge in [0.2, 0.25) is 0 Å². The summed E-state index contributed by atoms with van der Waals surface area (Å²) in [6, 6.07) is 25.4. The molecule has 3 atom stereocenters. The molecule has 1 saturated carbocycles. The van der Waals surface area contributed by atoms with Crippen molar-refractivity contribution in [2.24, 2.45) is 4.99 Å². The number of carbonyl (C=O) groups excluding carboxylic acids is 1. The molecular formula is C33H37ClN2O3. The van der Waals surface area contributed by atoms with Gasteiger partial charge in [0.1, 0.15) is 6.10 Å². The maximum absolute atomic E-state index is 12.1. The first-order valence-electron chi connectivity index (χ1n) is 14.0. The van der Waals surface area contributed by atoms with E-state index in [4.69, 9.17) is 26.2 Å². The van der Waals surface area contributed by atoms with Crippen molar-refractivity contribution >= 4 is 23.3 Å². The molecule has 0 spiro atoms. The van der Waals surface area contributed by atoms with Crippen LogP contribution in [0.15, 0.2) is 77.8 Å². The number of aliphatic imine (C=N–C) groups is 1. The maximum atomic E-state index is 12.1. The van der Waals surface area contributed by atoms with E-state index in [1.54, 1.807) is 0 Å². The molecule has 1 saturated heterocycles. The van der Waals surface area contributed by atoms with Crippen molar-refractivity contribution in [1.82, 2.24) is 5.48 Å². The minimum Gasteiger partial charge on any atom is -0.466 e. The highest BCUT2D eigenvalue weighted by Crippen LogP contribution is 2.51. The van der Waals surface area contributed by atoms with Gasteiger partial charge in [-0.3, -0.25) is 14.6 Å². The molecule has 3 aromatic carbocycles. The largest absolute Gasteiger partial charge is 0.466 e. The Labute approximate surface area is 236 Å². The van der Waals surface area contributed by atoms with Crippen molar-refractivity contribution in [2.45, 2.75) is 76.5 Å². The predicted octanol–water partition coefficient (Wildman–Crippen LogP) is 7.42. The molecule has 0 aromatic heterocycles. The fourth-order valence-corrected chi connectivity index (χ4v) is 5.62. The van der Waals surface area contributed by atoms with E-state index in [1.165, 1.54) is 5.56 Å². The Bertz CT molecular complexity index is 1320. The van der Waals surface area contributed by atoms with Crippen LogP contribution in [0.1, 0.15) is 69.2 Å². The van der Waals surface area contributed by atoms with Crippen LogP contribution in [0, 0.1) is 0 Å². The number of ether oxygens (including phenoxy) is 1. The Morgan fingerprint density at radius 1 is 1.08 bits per heavy atom. The number of hydrogen-bond acceptors (Lipinski definition) is 5. The third-order valence-electron chi connectivity index (χ3n) is 7.92. The number of hydroxylamine groups is 1. The van der Waals surface area contributed by atoms with Crippen molar-refractivity contribution in [3.63, 3.8) is 0 Å². The van der Waals surface area contributed by atoms with E-state index in [2.05, 4.69) is 73.9 Å². The lowest BCUT2D eigenvalue weighted by atomic mass is 9.90. The van der Waals surface area contributed by atoms with Gasteiger partial charge in [-0.05, 0) is 80.3 Å². The van der Waals surface area contributed by atoms with Crippen LogP contribution < -0.4 is 5.48 Å². The van der Waals surface area contributed by atoms with Gasteiger partial charge in [0.25, 0.3) is 0 Å². The molecule has 1 N–H and O–H groups in total. The van der Waals surface area contributed by atoms with E-state index >= 15 is 0 Å². The van der Waals surface area contributed by atoms with Gasteiger partial charge < -0.3 is 4.74 Å². The van der Waals surface area contributed by atoms with Gasteiger partial charge in [-0.2, -0.15) is 5.48 Å². The topological polar surface area (TPSA) is 59.9 Å². The second-order valence-electron chi connectivity index (χ2n) is 10.8. The summed E-state index contributed by atoms with van der Waals surface area (Å²) in [6.45, 7) is 6.52. The third-order valence-corrected chi connectivity index (χ3v) is 8.29. The van der Waals surface area contributed by atoms with Gasteiger partial charge in [0.15, 0.2) is 0 Å². The fraction of sp³-hybridized carbons (Fsp3) is 0.394. The first-order valence-corrected chi connectivity index (χ1v) is 14.3. The van der Waals surface area contributed by atoms with E-state index in [-0.39, 0.29) is 29.6 Å². The molecule has 2 fully saturated rings. The maximum Gasteiger partial charge on any atom is 0.306 e. The number of halogens is 1. The zero-order valence-electron chi connectivity index (χ0n) is 23.0. The Kier molecular flexibility index (Phi) is 8.51. The molecule has 0 radical (unpaired) electrons. The lowest BCUT2D eigenvalue weighted by Crippen LogP contribution is -2.24. The highest BCUT2D eigenvalue weighted by molar-refractivity contribution is 6.31. The quantitative estimate of drug-likeness (QED) is 0.270. The van der Waals surface area contributed by atoms with Crippen LogP contribution in [0.2, 0.25) is 5.02 Å². The second-order valence-corrected chi connectivity index (χ2v) is 11.2. The number of nitrogens with zero attached hydrogens (tertiary/aromatic N) is 1. The first kappa shape index (κ1) is 27.6. The van der Waals surface area contributed by atoms with Crippen LogP contribution in [-0.4, -0.2) is 30.4 Å². The number of rotatable bonds is 10. The van der Waals surface area contributed by atoms with E-state index in [9.17, 15) is 4.79 Å². The summed E-state index contributed by atoms with van der Waals surface area (Å²) >= 11 is 6.34. The Hall–Kier alpha value is -2.99. The molecule has 5 nitrogen and oxygen atoms in total. The number of carbonyl (C=O) groups is 1. The lowest BCUT2D eigenvalue weighted by molar-refractivity contribution is -0.143. The molecule has 1 aliphatic carbocycles. The molecule has 204 valence electrons. The van der Waals surface area contributed by atoms with Crippen LogP contribution >= 0.6 is 11.6 Å². The van der Waals surface area contributed by atoms with Gasteiger partial charge in [0, 0.05) is 16.5 Å². The molecule has 3 aromatic rings. The highest BCUT2D eigenvalue weighted by Gasteiger charge is 2.46. The number of esters is 1. The summed E-state index contributed by atoms with van der Waals surface area (Å²) in [4.78, 5) is 23.1. The molecule has 0 amide bonds. The van der Waals surface area contributed by atoms with Gasteiger partial charge >= 0.3 is 5.97 Å². The van der Waals surface area contributed by atoms with Gasteiger partial charge in [-0.1, -0.05) is 78.3 Å². The number of aryl methyl sites for hydroxylation is 1. The molecule has 2 aliphatic rings. The van der Waals surface area contributed by atoms with Gasteiger partial charge in [0.05, 0.1) is 24.8 Å². The van der Waals surface area contributed by atoms with Crippen molar-refractivity contribution in [3.8, 4) is 11.1 Å². The number of benzene rings is 3. The zero-order chi connectivity index (χ0) is 27.4. The molecule has 39 heavy (non-hydrogen) atoms. The fourth-order valence-electron chi connectivity index (χ4n) is 5.39. The molecule has 3 unspecified atom stereocenters. The van der Waals surface area contributed by atoms with Gasteiger partial charge in [-0.15, -0.1) is 0 Å². The van der Waals surface area contributed by atoms with Crippen molar-refractivity contribution in [1.29, 1.82) is 0 Å². The van der Waals surface area contributed by atoms with Crippen LogP contribution in [0.3, 0.4) is 0 Å². The number of nitrogens with one attached hydrogen (secondary N) is 1. The van der Waals surface area contributed by atoms with Crippen molar-refractivity contribution in [2.75, 3.05) is 6.61 Å². The van der Waals surface area contributed by atoms with Crippen LogP contribution in [0.4, 0.5) is 0 Å². The van der Waals surface area contributed by atoms with E-state index < -0.39 is 0 Å². The van der Waals surface area contributed by atoms with Crippen molar-refractivity contribution < 1.29 is 14.4 Å². The molecular weight excluding hydrogens is 508 g/mol. The molecule has 0 bridgehead atoms. The summed E-state index contributed by atoms with van der Waals surface area (Å²) < 4.78 is 5.19. The summed E-state index contributed by atoms with van der Waals surface area (Å²) in [5.74, 6) is -0.106. The first-order chi connectivity index (χ1) is 18.9. The Morgan fingerprint density at radius 3 is 2.38 bits per heavy atom. The van der Waals surface area contributed by atoms with Crippen LogP contribution in [-0.2, 0) is 26.2 Å². The predicted molar refractivity (Wildman–Crippen MR) is 157 cm³/mol. The van der Waals surface area contributed by atoms with E-state index in [0.717, 1.165) is 58.7 Å². The average molecular weight is 545 g/mol. The second kappa shape index (κ2) is 12.0. The summed E-state index contributed by atoms with van der Waals surface area (Å²) in [7, 11) is 0. The standard InChI is InChI=1S/C33H37ClN2O3/c1-4-38-30(37)21-33(19-20-33)28-17-15-25(16-18-28)24-11-13-27(14-12-24)32-31(23(3)36-39-32)35-22(2)9-10-26-7-5-6-8-29(26)34/h5-8,11-18,22-23,32,36H,4,9-10,19-21H2,1-3H3. The van der Waals surface area contributed by atoms with Crippen LogP contribution in [0.5, 0.6) is 0 Å². The summed E-state index contributed by atoms with van der Waals surface area (Å²) in [6.07, 6.45) is 4.14. The Balaban J connectivity index is 1.25. The minimum absolute atomic E-state index is 0.0433. The summed E-state index contributed by atoms with van der Waals surface area (Å²) in [5.41, 5.74) is 9.85. The highest BCUT2D eigenvalue weighted by atomic mass is 35.5. The minimum atomic E-state index is -0.211. The lowest BCUT2D eigenvalue weighted by Gasteiger charge is -2.16. The monoisotopic (exact) mass is 544 g/mol. The van der Waals surface area contributed by atoms with E-state index in [1.807, 2.05) is 25.1 Å². The van der Waals surface area contributed by atoms with Gasteiger partial charge in [-0.25, -0.2) is 0 Å². The molecule has 5 rings (SSSR count). The third kappa shape index (κ3) is 6.43. The van der Waals surface area contributed by atoms with Crippen molar-refractivity contribution in [3.05, 3.63) is 94.5 Å². The zero-order valence-corrected chi connectivity index (χ0v) is 23.7. The SMILES string of the molecule is CCOC(=O)CC1(c2ccc(-c3ccc(C4ONC(C)C4=NC(C)CCc4ccccc4Cl)cc3)cc2)CC1. The van der Waals surface area contributed by atoms with E-state index in [0.29, 0.717) is 13.0 Å². The average Bonchev–Trinajstić information content (AvgIpc) is 3.64.